The largest absolute Gasteiger partial charge is 0.371 e. The lowest BCUT2D eigenvalue weighted by atomic mass is 10.0. The molecule has 1 aromatic rings. The summed E-state index contributed by atoms with van der Waals surface area (Å²) in [5.41, 5.74) is 2.93. The smallest absolute Gasteiger partial charge is 0.0402 e. The van der Waals surface area contributed by atoms with Crippen LogP contribution in [0.3, 0.4) is 0 Å². The van der Waals surface area contributed by atoms with Crippen LogP contribution in [-0.2, 0) is 0 Å². The molecule has 0 aromatic heterocycles. The van der Waals surface area contributed by atoms with E-state index >= 15 is 0 Å². The van der Waals surface area contributed by atoms with Gasteiger partial charge in [0.2, 0.25) is 0 Å². The van der Waals surface area contributed by atoms with Crippen LogP contribution in [0.5, 0.6) is 0 Å². The summed E-state index contributed by atoms with van der Waals surface area (Å²) in [6.45, 7) is 5.57. The van der Waals surface area contributed by atoms with Gasteiger partial charge in [0.15, 0.2) is 0 Å². The summed E-state index contributed by atoms with van der Waals surface area (Å²) in [5, 5.41) is 3.27. The van der Waals surface area contributed by atoms with Gasteiger partial charge in [-0.2, -0.15) is 0 Å². The highest BCUT2D eigenvalue weighted by atomic mass is 15.2. The zero-order valence-electron chi connectivity index (χ0n) is 8.96. The molecule has 1 aromatic carbocycles. The lowest BCUT2D eigenvalue weighted by Crippen LogP contribution is -2.25. The molecule has 0 fully saturated rings. The highest BCUT2D eigenvalue weighted by molar-refractivity contribution is 5.60. The predicted octanol–water partition coefficient (Wildman–Crippen LogP) is 1.83. The van der Waals surface area contributed by atoms with Gasteiger partial charge in [-0.3, -0.25) is 0 Å². The first kappa shape index (κ1) is 9.53. The minimum Gasteiger partial charge on any atom is -0.371 e. The molecule has 1 N–H and O–H groups in total. The van der Waals surface area contributed by atoms with Crippen molar-refractivity contribution < 1.29 is 0 Å². The van der Waals surface area contributed by atoms with Crippen LogP contribution in [0.4, 0.5) is 5.69 Å². The van der Waals surface area contributed by atoms with Crippen molar-refractivity contribution in [3.63, 3.8) is 0 Å². The van der Waals surface area contributed by atoms with Gasteiger partial charge in [0.1, 0.15) is 0 Å². The van der Waals surface area contributed by atoms with Crippen LogP contribution < -0.4 is 10.2 Å². The SMILES string of the molecule is CCN1CC(CNC)c2ccccc21. The molecule has 0 bridgehead atoms. The normalized spacial score (nSPS) is 19.9. The van der Waals surface area contributed by atoms with Crippen molar-refractivity contribution >= 4 is 5.69 Å². The first-order chi connectivity index (χ1) is 6.86. The maximum absolute atomic E-state index is 3.27. The molecule has 2 rings (SSSR count). The van der Waals surface area contributed by atoms with Gasteiger partial charge < -0.3 is 10.2 Å². The van der Waals surface area contributed by atoms with E-state index in [4.69, 9.17) is 0 Å². The van der Waals surface area contributed by atoms with Crippen LogP contribution in [0, 0.1) is 0 Å². The topological polar surface area (TPSA) is 15.3 Å². The molecule has 0 saturated carbocycles. The highest BCUT2D eigenvalue weighted by Gasteiger charge is 2.26. The Hall–Kier alpha value is -1.02. The van der Waals surface area contributed by atoms with Crippen LogP contribution in [-0.4, -0.2) is 26.7 Å². The number of para-hydroxylation sites is 1. The minimum atomic E-state index is 0.663. The van der Waals surface area contributed by atoms with Gasteiger partial charge in [-0.05, 0) is 25.6 Å². The standard InChI is InChI=1S/C12H18N2/c1-3-14-9-10(8-13-2)11-6-4-5-7-12(11)14/h4-7,10,13H,3,8-9H2,1-2H3. The number of anilines is 1. The van der Waals surface area contributed by atoms with E-state index < -0.39 is 0 Å². The number of hydrogen-bond donors (Lipinski definition) is 1. The highest BCUT2D eigenvalue weighted by Crippen LogP contribution is 2.35. The molecule has 2 nitrogen and oxygen atoms in total. The van der Waals surface area contributed by atoms with Gasteiger partial charge in [-0.25, -0.2) is 0 Å². The number of nitrogens with one attached hydrogen (secondary N) is 1. The number of rotatable bonds is 3. The Balaban J connectivity index is 2.29. The average Bonchev–Trinajstić information content (AvgIpc) is 2.58. The quantitative estimate of drug-likeness (QED) is 0.782. The Morgan fingerprint density at radius 3 is 2.93 bits per heavy atom. The summed E-state index contributed by atoms with van der Waals surface area (Å²) >= 11 is 0. The molecule has 1 heterocycles. The van der Waals surface area contributed by atoms with Crippen molar-refractivity contribution in [3.8, 4) is 0 Å². The molecule has 0 spiro atoms. The van der Waals surface area contributed by atoms with E-state index in [1.165, 1.54) is 11.3 Å². The van der Waals surface area contributed by atoms with Crippen LogP contribution in [0.2, 0.25) is 0 Å². The molecule has 1 aliphatic rings. The average molecular weight is 190 g/mol. The second-order valence-corrected chi connectivity index (χ2v) is 3.85. The Morgan fingerprint density at radius 1 is 1.43 bits per heavy atom. The lowest BCUT2D eigenvalue weighted by Gasteiger charge is -2.16. The van der Waals surface area contributed by atoms with Gasteiger partial charge in [-0.15, -0.1) is 0 Å². The molecule has 1 unspecified atom stereocenters. The third-order valence-corrected chi connectivity index (χ3v) is 2.99. The van der Waals surface area contributed by atoms with Crippen LogP contribution in [0.1, 0.15) is 18.4 Å². The molecule has 1 aliphatic heterocycles. The summed E-state index contributed by atoms with van der Waals surface area (Å²) in [4.78, 5) is 2.46. The third kappa shape index (κ3) is 1.50. The molecule has 0 aliphatic carbocycles. The Labute approximate surface area is 85.9 Å². The summed E-state index contributed by atoms with van der Waals surface area (Å²) < 4.78 is 0. The van der Waals surface area contributed by atoms with E-state index in [9.17, 15) is 0 Å². The maximum Gasteiger partial charge on any atom is 0.0402 e. The predicted molar refractivity (Wildman–Crippen MR) is 61.0 cm³/mol. The van der Waals surface area contributed by atoms with E-state index in [0.29, 0.717) is 5.92 Å². The van der Waals surface area contributed by atoms with Gasteiger partial charge >= 0.3 is 0 Å². The number of nitrogens with zero attached hydrogens (tertiary/aromatic N) is 1. The van der Waals surface area contributed by atoms with Crippen molar-refractivity contribution in [1.82, 2.24) is 5.32 Å². The zero-order valence-corrected chi connectivity index (χ0v) is 8.96. The zero-order chi connectivity index (χ0) is 9.97. The minimum absolute atomic E-state index is 0.663. The molecule has 0 radical (unpaired) electrons. The van der Waals surface area contributed by atoms with Gasteiger partial charge in [0.25, 0.3) is 0 Å². The fourth-order valence-corrected chi connectivity index (χ4v) is 2.30. The number of fused-ring (bicyclic) bond motifs is 1. The van der Waals surface area contributed by atoms with E-state index in [0.717, 1.165) is 19.6 Å². The number of likely N-dealkylation sites (N-methyl/N-ethyl adjacent to an activating group) is 2. The fraction of sp³-hybridized carbons (Fsp3) is 0.500. The Morgan fingerprint density at radius 2 is 2.21 bits per heavy atom. The van der Waals surface area contributed by atoms with E-state index in [1.54, 1.807) is 0 Å². The fourth-order valence-electron chi connectivity index (χ4n) is 2.30. The van der Waals surface area contributed by atoms with Crippen LogP contribution in [0.25, 0.3) is 0 Å². The maximum atomic E-state index is 3.27. The van der Waals surface area contributed by atoms with Gasteiger partial charge in [-0.1, -0.05) is 18.2 Å². The summed E-state index contributed by atoms with van der Waals surface area (Å²) in [6, 6.07) is 8.76. The van der Waals surface area contributed by atoms with Crippen molar-refractivity contribution in [2.24, 2.45) is 0 Å². The second kappa shape index (κ2) is 4.01. The molecule has 0 amide bonds. The molecule has 1 atom stereocenters. The second-order valence-electron chi connectivity index (χ2n) is 3.85. The molecular formula is C12H18N2. The Kier molecular flexibility index (Phi) is 2.73. The summed E-state index contributed by atoms with van der Waals surface area (Å²) in [7, 11) is 2.03. The first-order valence-electron chi connectivity index (χ1n) is 5.35. The molecule has 76 valence electrons. The van der Waals surface area contributed by atoms with Crippen LogP contribution in [0.15, 0.2) is 24.3 Å². The van der Waals surface area contributed by atoms with Crippen molar-refractivity contribution in [2.75, 3.05) is 31.6 Å². The van der Waals surface area contributed by atoms with Crippen LogP contribution >= 0.6 is 0 Å². The lowest BCUT2D eigenvalue weighted by molar-refractivity contribution is 0.644. The molecule has 0 saturated heterocycles. The van der Waals surface area contributed by atoms with E-state index in [2.05, 4.69) is 41.4 Å². The summed E-state index contributed by atoms with van der Waals surface area (Å²) in [5.74, 6) is 0.663. The third-order valence-electron chi connectivity index (χ3n) is 2.99. The van der Waals surface area contributed by atoms with E-state index in [1.807, 2.05) is 7.05 Å². The first-order valence-corrected chi connectivity index (χ1v) is 5.35. The van der Waals surface area contributed by atoms with Crippen molar-refractivity contribution in [2.45, 2.75) is 12.8 Å². The molecule has 2 heteroatoms. The van der Waals surface area contributed by atoms with Crippen molar-refractivity contribution in [3.05, 3.63) is 29.8 Å². The van der Waals surface area contributed by atoms with Crippen molar-refractivity contribution in [1.29, 1.82) is 0 Å². The number of benzene rings is 1. The van der Waals surface area contributed by atoms with Gasteiger partial charge in [0.05, 0.1) is 0 Å². The van der Waals surface area contributed by atoms with Gasteiger partial charge in [0, 0.05) is 31.2 Å². The Bertz CT molecular complexity index is 309. The molecular weight excluding hydrogens is 172 g/mol. The molecule has 14 heavy (non-hydrogen) atoms. The number of hydrogen-bond acceptors (Lipinski definition) is 2. The monoisotopic (exact) mass is 190 g/mol. The summed E-state index contributed by atoms with van der Waals surface area (Å²) in [6.07, 6.45) is 0. The van der Waals surface area contributed by atoms with E-state index in [-0.39, 0.29) is 0 Å².